The number of nitrogens with one attached hydrogen (secondary N) is 1. The number of ether oxygens (including phenoxy) is 1. The van der Waals surface area contributed by atoms with Gasteiger partial charge in [-0.3, -0.25) is 4.79 Å². The molecule has 1 aromatic rings. The summed E-state index contributed by atoms with van der Waals surface area (Å²) < 4.78 is 44.2. The Labute approximate surface area is 119 Å². The highest BCUT2D eigenvalue weighted by molar-refractivity contribution is 7.91. The lowest BCUT2D eigenvalue weighted by Crippen LogP contribution is -2.55. The molecule has 0 spiro atoms. The largest absolute Gasteiger partial charge is 0.481 e. The van der Waals surface area contributed by atoms with Crippen LogP contribution in [0.2, 0.25) is 0 Å². The topological polar surface area (TPSA) is 92.7 Å². The average Bonchev–Trinajstić information content (AvgIpc) is 2.75. The number of aliphatic carboxylic acids is 1. The van der Waals surface area contributed by atoms with Crippen molar-refractivity contribution in [3.05, 3.63) is 17.3 Å². The maximum Gasteiger partial charge on any atom is 0.306 e. The number of hydrogen-bond acceptors (Lipinski definition) is 5. The molecule has 0 bridgehead atoms. The third-order valence-corrected chi connectivity index (χ3v) is 6.18. The van der Waals surface area contributed by atoms with Crippen LogP contribution in [0.25, 0.3) is 0 Å². The smallest absolute Gasteiger partial charge is 0.306 e. The molecule has 1 aliphatic carbocycles. The summed E-state index contributed by atoms with van der Waals surface area (Å²) in [6.07, 6.45) is 0.500. The molecule has 1 fully saturated rings. The van der Waals surface area contributed by atoms with Gasteiger partial charge in [-0.25, -0.2) is 13.1 Å². The van der Waals surface area contributed by atoms with E-state index in [0.717, 1.165) is 6.07 Å². The van der Waals surface area contributed by atoms with Crippen LogP contribution in [-0.2, 0) is 19.6 Å². The minimum atomic E-state index is -3.80. The molecule has 1 aliphatic rings. The van der Waals surface area contributed by atoms with Gasteiger partial charge in [-0.2, -0.15) is 4.39 Å². The molecule has 1 saturated carbocycles. The molecule has 0 saturated heterocycles. The van der Waals surface area contributed by atoms with E-state index in [1.165, 1.54) is 13.2 Å². The van der Waals surface area contributed by atoms with Gasteiger partial charge >= 0.3 is 5.97 Å². The zero-order valence-electron chi connectivity index (χ0n) is 10.6. The molecule has 9 heteroatoms. The Morgan fingerprint density at radius 2 is 2.25 bits per heavy atom. The van der Waals surface area contributed by atoms with Crippen LogP contribution in [0.1, 0.15) is 12.8 Å². The fourth-order valence-electron chi connectivity index (χ4n) is 2.14. The van der Waals surface area contributed by atoms with Crippen molar-refractivity contribution in [2.75, 3.05) is 13.7 Å². The Morgan fingerprint density at radius 3 is 2.70 bits per heavy atom. The fraction of sp³-hybridized carbons (Fsp3) is 0.545. The minimum absolute atomic E-state index is 0.0326. The van der Waals surface area contributed by atoms with Gasteiger partial charge in [0, 0.05) is 13.7 Å². The predicted octanol–water partition coefficient (Wildman–Crippen LogP) is 1.05. The second-order valence-electron chi connectivity index (χ2n) is 4.71. The Kier molecular flexibility index (Phi) is 4.14. The Balaban J connectivity index is 1.99. The maximum atomic E-state index is 12.9. The number of carboxylic acids is 1. The maximum absolute atomic E-state index is 12.9. The first kappa shape index (κ1) is 15.4. The van der Waals surface area contributed by atoms with Gasteiger partial charge in [0.1, 0.15) is 4.21 Å². The Morgan fingerprint density at radius 1 is 1.60 bits per heavy atom. The Bertz CT molecular complexity index is 606. The molecule has 1 heterocycles. The molecule has 112 valence electrons. The highest BCUT2D eigenvalue weighted by atomic mass is 32.2. The van der Waals surface area contributed by atoms with Crippen LogP contribution in [0, 0.1) is 11.0 Å². The quantitative estimate of drug-likeness (QED) is 0.816. The van der Waals surface area contributed by atoms with Crippen LogP contribution in [0.4, 0.5) is 4.39 Å². The second kappa shape index (κ2) is 5.40. The van der Waals surface area contributed by atoms with E-state index in [9.17, 15) is 17.6 Å². The molecule has 1 aromatic heterocycles. The lowest BCUT2D eigenvalue weighted by atomic mass is 9.71. The molecule has 0 radical (unpaired) electrons. The number of rotatable bonds is 6. The zero-order valence-corrected chi connectivity index (χ0v) is 12.3. The fourth-order valence-corrected chi connectivity index (χ4v) is 4.30. The molecule has 0 aliphatic heterocycles. The minimum Gasteiger partial charge on any atom is -0.481 e. The number of halogens is 1. The molecule has 0 amide bonds. The van der Waals surface area contributed by atoms with Crippen molar-refractivity contribution in [2.45, 2.75) is 22.7 Å². The van der Waals surface area contributed by atoms with Crippen molar-refractivity contribution < 1.29 is 27.4 Å². The summed E-state index contributed by atoms with van der Waals surface area (Å²) >= 11 is 0.532. The van der Waals surface area contributed by atoms with Crippen LogP contribution in [0.3, 0.4) is 0 Å². The molecule has 0 aromatic carbocycles. The van der Waals surface area contributed by atoms with Gasteiger partial charge in [0.2, 0.25) is 10.0 Å². The van der Waals surface area contributed by atoms with Crippen molar-refractivity contribution >= 4 is 27.3 Å². The normalized spacial score (nSPS) is 26.2. The molecule has 2 N–H and O–H groups in total. The summed E-state index contributed by atoms with van der Waals surface area (Å²) in [5.41, 5.74) is -0.800. The monoisotopic (exact) mass is 323 g/mol. The summed E-state index contributed by atoms with van der Waals surface area (Å²) in [4.78, 5) is 10.8. The van der Waals surface area contributed by atoms with Gasteiger partial charge in [-0.05, 0) is 25.0 Å². The summed E-state index contributed by atoms with van der Waals surface area (Å²) in [5.74, 6) is -1.43. The van der Waals surface area contributed by atoms with Crippen LogP contribution >= 0.6 is 11.3 Å². The lowest BCUT2D eigenvalue weighted by Gasteiger charge is -2.44. The van der Waals surface area contributed by atoms with E-state index in [4.69, 9.17) is 9.84 Å². The zero-order chi connectivity index (χ0) is 15.0. The average molecular weight is 323 g/mol. The van der Waals surface area contributed by atoms with Crippen LogP contribution in [-0.4, -0.2) is 38.7 Å². The van der Waals surface area contributed by atoms with E-state index in [2.05, 4.69) is 4.72 Å². The third-order valence-electron chi connectivity index (χ3n) is 3.42. The Hall–Kier alpha value is -1.03. The molecular formula is C11H14FNO5S2. The highest BCUT2D eigenvalue weighted by Gasteiger charge is 2.48. The van der Waals surface area contributed by atoms with Crippen LogP contribution in [0.15, 0.2) is 16.3 Å². The van der Waals surface area contributed by atoms with Crippen molar-refractivity contribution in [3.8, 4) is 0 Å². The van der Waals surface area contributed by atoms with E-state index in [-0.39, 0.29) is 23.6 Å². The summed E-state index contributed by atoms with van der Waals surface area (Å²) in [5, 5.41) is 8.25. The molecular weight excluding hydrogens is 309 g/mol. The number of carboxylic acid groups (broad SMARTS) is 1. The standard InChI is InChI=1S/C11H14FNO5S2/c1-18-11(4-7(5-11)10(14)15)6-13-20(16,17)9-3-2-8(12)19-9/h2-3,7,13H,4-6H2,1H3,(H,14,15). The summed E-state index contributed by atoms with van der Waals surface area (Å²) in [6.45, 7) is -0.0326. The van der Waals surface area contributed by atoms with E-state index in [1.54, 1.807) is 0 Å². The van der Waals surface area contributed by atoms with Gasteiger partial charge in [-0.15, -0.1) is 0 Å². The van der Waals surface area contributed by atoms with E-state index < -0.39 is 32.6 Å². The number of sulfonamides is 1. The number of hydrogen-bond donors (Lipinski definition) is 2. The first-order valence-corrected chi connectivity index (χ1v) is 8.11. The van der Waals surface area contributed by atoms with Gasteiger partial charge in [0.25, 0.3) is 0 Å². The third kappa shape index (κ3) is 3.00. The van der Waals surface area contributed by atoms with Crippen LogP contribution in [0.5, 0.6) is 0 Å². The SMILES string of the molecule is COC1(CNS(=O)(=O)c2ccc(F)s2)CC(C(=O)O)C1. The van der Waals surface area contributed by atoms with Crippen molar-refractivity contribution in [1.29, 1.82) is 0 Å². The van der Waals surface area contributed by atoms with Gasteiger partial charge < -0.3 is 9.84 Å². The van der Waals surface area contributed by atoms with Crippen molar-refractivity contribution in [3.63, 3.8) is 0 Å². The molecule has 6 nitrogen and oxygen atoms in total. The predicted molar refractivity (Wildman–Crippen MR) is 69.6 cm³/mol. The van der Waals surface area contributed by atoms with Gasteiger partial charge in [0.15, 0.2) is 5.13 Å². The van der Waals surface area contributed by atoms with E-state index >= 15 is 0 Å². The molecule has 0 atom stereocenters. The van der Waals surface area contributed by atoms with Crippen LogP contribution < -0.4 is 4.72 Å². The second-order valence-corrected chi connectivity index (χ2v) is 7.74. The number of thiophene rings is 1. The lowest BCUT2D eigenvalue weighted by molar-refractivity contribution is -0.161. The first-order chi connectivity index (χ1) is 9.28. The summed E-state index contributed by atoms with van der Waals surface area (Å²) in [7, 11) is -2.38. The van der Waals surface area contributed by atoms with E-state index in [1.807, 2.05) is 0 Å². The molecule has 0 unspecified atom stereocenters. The van der Waals surface area contributed by atoms with Crippen molar-refractivity contribution in [1.82, 2.24) is 4.72 Å². The van der Waals surface area contributed by atoms with E-state index in [0.29, 0.717) is 11.3 Å². The first-order valence-electron chi connectivity index (χ1n) is 5.81. The molecule has 20 heavy (non-hydrogen) atoms. The number of methoxy groups -OCH3 is 1. The summed E-state index contributed by atoms with van der Waals surface area (Å²) in [6, 6.07) is 2.26. The van der Waals surface area contributed by atoms with Gasteiger partial charge in [-0.1, -0.05) is 11.3 Å². The highest BCUT2D eigenvalue weighted by Crippen LogP contribution is 2.40. The van der Waals surface area contributed by atoms with Crippen molar-refractivity contribution in [2.24, 2.45) is 5.92 Å². The molecule has 2 rings (SSSR count). The van der Waals surface area contributed by atoms with Gasteiger partial charge in [0.05, 0.1) is 11.5 Å². The number of carbonyl (C=O) groups is 1.